The number of pyridine rings is 2. The zero-order valence-electron chi connectivity index (χ0n) is 20.7. The molecule has 4 heterocycles. The maximum absolute atomic E-state index is 13.5. The lowest BCUT2D eigenvalue weighted by molar-refractivity contribution is 0.569. The van der Waals surface area contributed by atoms with Crippen LogP contribution in [0.1, 0.15) is 43.2 Å². The smallest absolute Gasteiger partial charge is 0.346 e. The van der Waals surface area contributed by atoms with Crippen molar-refractivity contribution in [2.75, 3.05) is 0 Å². The second kappa shape index (κ2) is 7.46. The number of hydrogen-bond acceptors (Lipinski definition) is 5. The highest BCUT2D eigenvalue weighted by Gasteiger charge is 2.23. The van der Waals surface area contributed by atoms with Crippen molar-refractivity contribution in [1.29, 1.82) is 0 Å². The number of aryl methyl sites for hydroxylation is 3. The molecule has 0 radical (unpaired) electrons. The predicted octanol–water partition coefficient (Wildman–Crippen LogP) is 7.99. The van der Waals surface area contributed by atoms with Crippen molar-refractivity contribution in [3.05, 3.63) is 81.3 Å². The summed E-state index contributed by atoms with van der Waals surface area (Å²) in [7, 11) is 0. The minimum Gasteiger partial charge on any atom is -0.422 e. The summed E-state index contributed by atoms with van der Waals surface area (Å²) in [4.78, 5) is 24.4. The number of benzene rings is 2. The van der Waals surface area contributed by atoms with E-state index in [1.165, 1.54) is 5.56 Å². The molecule has 0 bridgehead atoms. The lowest BCUT2D eigenvalue weighted by atomic mass is 9.86. The maximum Gasteiger partial charge on any atom is 0.346 e. The van der Waals surface area contributed by atoms with Gasteiger partial charge in [-0.2, -0.15) is 0 Å². The number of rotatable bonds is 1. The van der Waals surface area contributed by atoms with Gasteiger partial charge in [0.2, 0.25) is 0 Å². The number of thiophene rings is 1. The first-order chi connectivity index (χ1) is 16.6. The van der Waals surface area contributed by atoms with E-state index in [4.69, 9.17) is 14.4 Å². The van der Waals surface area contributed by atoms with Gasteiger partial charge < -0.3 is 4.42 Å². The van der Waals surface area contributed by atoms with Crippen LogP contribution >= 0.6 is 11.3 Å². The van der Waals surface area contributed by atoms with E-state index < -0.39 is 0 Å². The van der Waals surface area contributed by atoms with Gasteiger partial charge in [0.25, 0.3) is 0 Å². The Labute approximate surface area is 207 Å². The summed E-state index contributed by atoms with van der Waals surface area (Å²) in [6.07, 6.45) is 0. The molecule has 5 heteroatoms. The number of fused-ring (bicyclic) bond motifs is 7. The van der Waals surface area contributed by atoms with Crippen LogP contribution in [-0.2, 0) is 5.41 Å². The van der Waals surface area contributed by atoms with E-state index in [0.717, 1.165) is 53.6 Å². The summed E-state index contributed by atoms with van der Waals surface area (Å²) >= 11 is 1.60. The van der Waals surface area contributed by atoms with Gasteiger partial charge in [-0.3, -0.25) is 0 Å². The van der Waals surface area contributed by atoms with Crippen LogP contribution in [0.15, 0.2) is 57.7 Å². The van der Waals surface area contributed by atoms with Crippen LogP contribution in [0, 0.1) is 20.8 Å². The van der Waals surface area contributed by atoms with Gasteiger partial charge in [0.05, 0.1) is 21.3 Å². The molecule has 0 unspecified atom stereocenters. The standard InChI is InChI=1S/C30H26N2O2S/c1-15-7-12-21-20(13-15)23-24(29(33)34-21)25(18-8-10-19(11-9-18)30(4,5)6)32-26-22-16(2)14-17(3)31-28(22)35-27(23)26/h7-14H,1-6H3. The molecule has 0 aliphatic carbocycles. The first kappa shape index (κ1) is 21.9. The first-order valence-electron chi connectivity index (χ1n) is 11.8. The van der Waals surface area contributed by atoms with Crippen molar-refractivity contribution in [1.82, 2.24) is 9.97 Å². The molecule has 0 aliphatic heterocycles. The summed E-state index contributed by atoms with van der Waals surface area (Å²) in [5.74, 6) is 0. The SMILES string of the molecule is Cc1ccc2oc(=O)c3c(-c4ccc(C(C)(C)C)cc4)nc4c(sc5nc(C)cc(C)c54)c3c2c1. The molecule has 35 heavy (non-hydrogen) atoms. The molecule has 0 amide bonds. The van der Waals surface area contributed by atoms with Crippen LogP contribution in [0.2, 0.25) is 0 Å². The Morgan fingerprint density at radius 3 is 2.31 bits per heavy atom. The van der Waals surface area contributed by atoms with Gasteiger partial charge in [0, 0.05) is 27.4 Å². The maximum atomic E-state index is 13.5. The third-order valence-electron chi connectivity index (χ3n) is 6.74. The van der Waals surface area contributed by atoms with Crippen molar-refractivity contribution in [2.45, 2.75) is 47.0 Å². The Balaban J connectivity index is 1.84. The van der Waals surface area contributed by atoms with Crippen molar-refractivity contribution in [3.8, 4) is 11.3 Å². The Kier molecular flexibility index (Phi) is 4.68. The second-order valence-corrected chi connectivity index (χ2v) is 11.5. The van der Waals surface area contributed by atoms with Crippen LogP contribution in [0.25, 0.3) is 53.4 Å². The highest BCUT2D eigenvalue weighted by molar-refractivity contribution is 7.26. The normalized spacial score (nSPS) is 12.4. The van der Waals surface area contributed by atoms with Gasteiger partial charge in [0.1, 0.15) is 10.4 Å². The van der Waals surface area contributed by atoms with Gasteiger partial charge in [-0.15, -0.1) is 11.3 Å². The van der Waals surface area contributed by atoms with Gasteiger partial charge >= 0.3 is 5.63 Å². The van der Waals surface area contributed by atoms with E-state index in [-0.39, 0.29) is 11.0 Å². The fraction of sp³-hybridized carbons (Fsp3) is 0.233. The predicted molar refractivity (Wildman–Crippen MR) is 147 cm³/mol. The van der Waals surface area contributed by atoms with E-state index in [9.17, 15) is 4.79 Å². The second-order valence-electron chi connectivity index (χ2n) is 10.5. The summed E-state index contributed by atoms with van der Waals surface area (Å²) in [6.45, 7) is 12.8. The zero-order valence-corrected chi connectivity index (χ0v) is 21.6. The number of aromatic nitrogens is 2. The van der Waals surface area contributed by atoms with Crippen molar-refractivity contribution < 1.29 is 4.42 Å². The fourth-order valence-corrected chi connectivity index (χ4v) is 6.27. The molecule has 0 fully saturated rings. The highest BCUT2D eigenvalue weighted by Crippen LogP contribution is 2.43. The van der Waals surface area contributed by atoms with Gasteiger partial charge in [-0.05, 0) is 55.5 Å². The summed E-state index contributed by atoms with van der Waals surface area (Å²) < 4.78 is 6.81. The molecule has 0 aliphatic rings. The van der Waals surface area contributed by atoms with Crippen LogP contribution in [-0.4, -0.2) is 9.97 Å². The summed E-state index contributed by atoms with van der Waals surface area (Å²) in [5, 5.41) is 3.42. The van der Waals surface area contributed by atoms with Crippen LogP contribution < -0.4 is 5.63 Å². The minimum atomic E-state index is -0.362. The van der Waals surface area contributed by atoms with E-state index in [1.54, 1.807) is 11.3 Å². The molecule has 4 nitrogen and oxygen atoms in total. The molecule has 174 valence electrons. The number of nitrogens with zero attached hydrogens (tertiary/aromatic N) is 2. The lowest BCUT2D eigenvalue weighted by Crippen LogP contribution is -2.10. The highest BCUT2D eigenvalue weighted by atomic mass is 32.1. The molecule has 0 N–H and O–H groups in total. The molecular formula is C30H26N2O2S. The van der Waals surface area contributed by atoms with Crippen molar-refractivity contribution in [2.24, 2.45) is 0 Å². The van der Waals surface area contributed by atoms with Crippen molar-refractivity contribution >= 4 is 53.5 Å². The molecule has 0 spiro atoms. The molecule has 6 aromatic rings. The molecule has 0 atom stereocenters. The third-order valence-corrected chi connectivity index (χ3v) is 7.83. The van der Waals surface area contributed by atoms with Gasteiger partial charge in [-0.1, -0.05) is 56.7 Å². The van der Waals surface area contributed by atoms with Crippen LogP contribution in [0.3, 0.4) is 0 Å². The molecule has 4 aromatic heterocycles. The first-order valence-corrected chi connectivity index (χ1v) is 12.6. The average Bonchev–Trinajstić information content (AvgIpc) is 3.16. The van der Waals surface area contributed by atoms with E-state index in [0.29, 0.717) is 16.7 Å². The molecule has 2 aromatic carbocycles. The molecular weight excluding hydrogens is 452 g/mol. The summed E-state index contributed by atoms with van der Waals surface area (Å²) in [5.41, 5.74) is 7.18. The Hall–Kier alpha value is -3.57. The third kappa shape index (κ3) is 3.37. The van der Waals surface area contributed by atoms with E-state index >= 15 is 0 Å². The van der Waals surface area contributed by atoms with Gasteiger partial charge in [0.15, 0.2) is 0 Å². The average molecular weight is 479 g/mol. The van der Waals surface area contributed by atoms with Crippen molar-refractivity contribution in [3.63, 3.8) is 0 Å². The topological polar surface area (TPSA) is 56.0 Å². The summed E-state index contributed by atoms with van der Waals surface area (Å²) in [6, 6.07) is 16.4. The quantitative estimate of drug-likeness (QED) is 0.177. The molecule has 6 rings (SSSR count). The minimum absolute atomic E-state index is 0.0366. The van der Waals surface area contributed by atoms with Crippen LogP contribution in [0.4, 0.5) is 0 Å². The fourth-order valence-electron chi connectivity index (χ4n) is 4.97. The Morgan fingerprint density at radius 1 is 0.857 bits per heavy atom. The number of hydrogen-bond donors (Lipinski definition) is 0. The molecule has 0 saturated carbocycles. The van der Waals surface area contributed by atoms with E-state index in [1.807, 2.05) is 19.1 Å². The monoisotopic (exact) mass is 478 g/mol. The lowest BCUT2D eigenvalue weighted by Gasteiger charge is -2.19. The van der Waals surface area contributed by atoms with E-state index in [2.05, 4.69) is 71.0 Å². The largest absolute Gasteiger partial charge is 0.422 e. The Morgan fingerprint density at radius 2 is 1.60 bits per heavy atom. The van der Waals surface area contributed by atoms with Gasteiger partial charge in [-0.25, -0.2) is 14.8 Å². The van der Waals surface area contributed by atoms with Crippen LogP contribution in [0.5, 0.6) is 0 Å². The molecule has 0 saturated heterocycles. The Bertz CT molecular complexity index is 1870. The zero-order chi connectivity index (χ0) is 24.6.